The molecular weight excluding hydrogens is 246 g/mol. The van der Waals surface area contributed by atoms with Gasteiger partial charge in [-0.3, -0.25) is 0 Å². The van der Waals surface area contributed by atoms with Crippen LogP contribution in [-0.2, 0) is 11.2 Å². The second kappa shape index (κ2) is 7.80. The van der Waals surface area contributed by atoms with Gasteiger partial charge in [0.15, 0.2) is 0 Å². The number of ether oxygens (including phenoxy) is 1. The molecule has 1 saturated heterocycles. The Morgan fingerprint density at radius 3 is 2.50 bits per heavy atom. The monoisotopic (exact) mass is 275 g/mol. The van der Waals surface area contributed by atoms with Crippen LogP contribution in [0.1, 0.15) is 57.2 Å². The van der Waals surface area contributed by atoms with Crippen LogP contribution in [0.25, 0.3) is 0 Å². The van der Waals surface area contributed by atoms with Crippen LogP contribution in [0.5, 0.6) is 0 Å². The number of rotatable bonds is 7. The van der Waals surface area contributed by atoms with Crippen molar-refractivity contribution in [2.75, 3.05) is 13.2 Å². The molecule has 1 aromatic rings. The van der Waals surface area contributed by atoms with Crippen molar-refractivity contribution in [1.82, 2.24) is 5.32 Å². The van der Waals surface area contributed by atoms with Gasteiger partial charge < -0.3 is 10.1 Å². The van der Waals surface area contributed by atoms with Gasteiger partial charge in [0.25, 0.3) is 0 Å². The van der Waals surface area contributed by atoms with Crippen LogP contribution >= 0.6 is 0 Å². The van der Waals surface area contributed by atoms with E-state index in [0.29, 0.717) is 18.1 Å². The SMILES string of the molecule is CCCNC(c1ccc(CCC)cc1)C1OCCC1C. The average Bonchev–Trinajstić information content (AvgIpc) is 2.88. The van der Waals surface area contributed by atoms with Crippen LogP contribution in [0.4, 0.5) is 0 Å². The Labute approximate surface area is 123 Å². The minimum Gasteiger partial charge on any atom is -0.376 e. The average molecular weight is 275 g/mol. The number of aryl methyl sites for hydroxylation is 1. The van der Waals surface area contributed by atoms with Gasteiger partial charge >= 0.3 is 0 Å². The largest absolute Gasteiger partial charge is 0.376 e. The number of benzene rings is 1. The summed E-state index contributed by atoms with van der Waals surface area (Å²) >= 11 is 0. The molecule has 0 aliphatic carbocycles. The van der Waals surface area contributed by atoms with Gasteiger partial charge in [-0.2, -0.15) is 0 Å². The molecule has 0 aromatic heterocycles. The Bertz CT molecular complexity index is 387. The molecule has 1 aliphatic rings. The van der Waals surface area contributed by atoms with Gasteiger partial charge in [-0.15, -0.1) is 0 Å². The maximum absolute atomic E-state index is 5.99. The van der Waals surface area contributed by atoms with Crippen molar-refractivity contribution in [2.24, 2.45) is 5.92 Å². The van der Waals surface area contributed by atoms with Crippen molar-refractivity contribution in [3.63, 3.8) is 0 Å². The van der Waals surface area contributed by atoms with Crippen LogP contribution in [0.15, 0.2) is 24.3 Å². The first-order valence-corrected chi connectivity index (χ1v) is 8.20. The van der Waals surface area contributed by atoms with Crippen molar-refractivity contribution >= 4 is 0 Å². The van der Waals surface area contributed by atoms with Crippen molar-refractivity contribution in [2.45, 2.75) is 58.6 Å². The maximum atomic E-state index is 5.99. The summed E-state index contributed by atoms with van der Waals surface area (Å²) in [7, 11) is 0. The van der Waals surface area contributed by atoms with Gasteiger partial charge in [-0.05, 0) is 42.9 Å². The molecule has 3 atom stereocenters. The molecule has 1 aliphatic heterocycles. The lowest BCUT2D eigenvalue weighted by atomic mass is 9.91. The highest BCUT2D eigenvalue weighted by Crippen LogP contribution is 2.31. The first kappa shape index (κ1) is 15.5. The summed E-state index contributed by atoms with van der Waals surface area (Å²) < 4.78 is 5.99. The Balaban J connectivity index is 2.12. The predicted molar refractivity (Wildman–Crippen MR) is 85.0 cm³/mol. The molecule has 2 rings (SSSR count). The van der Waals surface area contributed by atoms with E-state index >= 15 is 0 Å². The molecule has 0 bridgehead atoms. The van der Waals surface area contributed by atoms with E-state index in [1.165, 1.54) is 30.4 Å². The minimum atomic E-state index is 0.318. The van der Waals surface area contributed by atoms with Gasteiger partial charge in [0.1, 0.15) is 0 Å². The molecule has 1 N–H and O–H groups in total. The fourth-order valence-corrected chi connectivity index (χ4v) is 3.05. The van der Waals surface area contributed by atoms with E-state index in [-0.39, 0.29) is 0 Å². The van der Waals surface area contributed by atoms with Gasteiger partial charge in [0, 0.05) is 6.61 Å². The maximum Gasteiger partial charge on any atom is 0.0795 e. The highest BCUT2D eigenvalue weighted by atomic mass is 16.5. The lowest BCUT2D eigenvalue weighted by Crippen LogP contribution is -2.35. The molecule has 2 heteroatoms. The highest BCUT2D eigenvalue weighted by molar-refractivity contribution is 5.26. The third-order valence-corrected chi connectivity index (χ3v) is 4.26. The van der Waals surface area contributed by atoms with Gasteiger partial charge in [-0.25, -0.2) is 0 Å². The smallest absolute Gasteiger partial charge is 0.0795 e. The van der Waals surface area contributed by atoms with Crippen LogP contribution in [0.3, 0.4) is 0 Å². The Hall–Kier alpha value is -0.860. The molecule has 0 spiro atoms. The molecule has 1 heterocycles. The minimum absolute atomic E-state index is 0.318. The third kappa shape index (κ3) is 3.83. The Morgan fingerprint density at radius 1 is 1.20 bits per heavy atom. The van der Waals surface area contributed by atoms with E-state index in [2.05, 4.69) is 50.4 Å². The molecule has 3 unspecified atom stereocenters. The van der Waals surface area contributed by atoms with Crippen LogP contribution in [0.2, 0.25) is 0 Å². The first-order chi connectivity index (χ1) is 9.76. The zero-order valence-electron chi connectivity index (χ0n) is 13.2. The molecule has 112 valence electrons. The fraction of sp³-hybridized carbons (Fsp3) is 0.667. The molecule has 20 heavy (non-hydrogen) atoms. The Morgan fingerprint density at radius 2 is 1.95 bits per heavy atom. The topological polar surface area (TPSA) is 21.3 Å². The lowest BCUT2D eigenvalue weighted by molar-refractivity contribution is 0.0607. The standard InChI is InChI=1S/C18H29NO/c1-4-6-15-7-9-16(10-8-15)17(19-12-5-2)18-14(3)11-13-20-18/h7-10,14,17-19H,4-6,11-13H2,1-3H3. The molecular formula is C18H29NO. The summed E-state index contributed by atoms with van der Waals surface area (Å²) in [5.74, 6) is 0.639. The molecule has 1 aromatic carbocycles. The van der Waals surface area contributed by atoms with Crippen molar-refractivity contribution in [3.05, 3.63) is 35.4 Å². The molecule has 0 saturated carbocycles. The van der Waals surface area contributed by atoms with E-state index in [1.54, 1.807) is 0 Å². The molecule has 1 fully saturated rings. The van der Waals surface area contributed by atoms with E-state index in [1.807, 2.05) is 0 Å². The zero-order chi connectivity index (χ0) is 14.4. The quantitative estimate of drug-likeness (QED) is 0.808. The third-order valence-electron chi connectivity index (χ3n) is 4.26. The zero-order valence-corrected chi connectivity index (χ0v) is 13.2. The van der Waals surface area contributed by atoms with Crippen molar-refractivity contribution in [1.29, 1.82) is 0 Å². The summed E-state index contributed by atoms with van der Waals surface area (Å²) in [5, 5.41) is 3.68. The van der Waals surface area contributed by atoms with E-state index < -0.39 is 0 Å². The number of hydrogen-bond acceptors (Lipinski definition) is 2. The first-order valence-electron chi connectivity index (χ1n) is 8.20. The van der Waals surface area contributed by atoms with Crippen molar-refractivity contribution < 1.29 is 4.74 Å². The summed E-state index contributed by atoms with van der Waals surface area (Å²) in [6.07, 6.45) is 5.04. The summed E-state index contributed by atoms with van der Waals surface area (Å²) in [5.41, 5.74) is 2.81. The van der Waals surface area contributed by atoms with E-state index in [9.17, 15) is 0 Å². The molecule has 0 radical (unpaired) electrons. The lowest BCUT2D eigenvalue weighted by Gasteiger charge is -2.28. The van der Waals surface area contributed by atoms with Gasteiger partial charge in [-0.1, -0.05) is 51.5 Å². The van der Waals surface area contributed by atoms with E-state index in [0.717, 1.165) is 19.6 Å². The highest BCUT2D eigenvalue weighted by Gasteiger charge is 2.32. The molecule has 2 nitrogen and oxygen atoms in total. The van der Waals surface area contributed by atoms with Crippen LogP contribution in [0, 0.1) is 5.92 Å². The predicted octanol–water partition coefficient (Wildman–Crippen LogP) is 4.10. The normalized spacial score (nSPS) is 23.9. The van der Waals surface area contributed by atoms with Gasteiger partial charge in [0.05, 0.1) is 12.1 Å². The fourth-order valence-electron chi connectivity index (χ4n) is 3.05. The number of hydrogen-bond donors (Lipinski definition) is 1. The Kier molecular flexibility index (Phi) is 6.06. The van der Waals surface area contributed by atoms with Crippen molar-refractivity contribution in [3.8, 4) is 0 Å². The van der Waals surface area contributed by atoms with Crippen LogP contribution < -0.4 is 5.32 Å². The second-order valence-electron chi connectivity index (χ2n) is 6.02. The summed E-state index contributed by atoms with van der Waals surface area (Å²) in [6.45, 7) is 8.71. The van der Waals surface area contributed by atoms with E-state index in [4.69, 9.17) is 4.74 Å². The van der Waals surface area contributed by atoms with Gasteiger partial charge in [0.2, 0.25) is 0 Å². The summed E-state index contributed by atoms with van der Waals surface area (Å²) in [6, 6.07) is 9.46. The second-order valence-corrected chi connectivity index (χ2v) is 6.02. The van der Waals surface area contributed by atoms with Crippen LogP contribution in [-0.4, -0.2) is 19.3 Å². The molecule has 0 amide bonds. The summed E-state index contributed by atoms with van der Waals surface area (Å²) in [4.78, 5) is 0. The number of nitrogens with one attached hydrogen (secondary N) is 1.